The van der Waals surface area contributed by atoms with Crippen LogP contribution in [0.25, 0.3) is 0 Å². The molecular formula is C13H21NO. The molecule has 1 atom stereocenters. The average molecular weight is 207 g/mol. The number of unbranched alkanes of at least 4 members (excludes halogenated alkanes) is 1. The van der Waals surface area contributed by atoms with Crippen molar-refractivity contribution in [1.29, 1.82) is 0 Å². The van der Waals surface area contributed by atoms with Gasteiger partial charge >= 0.3 is 0 Å². The number of aryl methyl sites for hydroxylation is 1. The van der Waals surface area contributed by atoms with Gasteiger partial charge in [0.05, 0.1) is 6.61 Å². The van der Waals surface area contributed by atoms with Gasteiger partial charge in [-0.15, -0.1) is 0 Å². The summed E-state index contributed by atoms with van der Waals surface area (Å²) in [4.78, 5) is 0. The van der Waals surface area contributed by atoms with Crippen molar-refractivity contribution in [3.63, 3.8) is 0 Å². The Bertz CT molecular complexity index is 286. The number of hydrogen-bond donors (Lipinski definition) is 2. The van der Waals surface area contributed by atoms with Crippen LogP contribution in [0, 0.1) is 6.92 Å². The van der Waals surface area contributed by atoms with E-state index in [0.29, 0.717) is 0 Å². The lowest BCUT2D eigenvalue weighted by Crippen LogP contribution is -2.23. The number of benzene rings is 1. The fraction of sp³-hybridized carbons (Fsp3) is 0.538. The Balaban J connectivity index is 2.50. The zero-order valence-corrected chi connectivity index (χ0v) is 9.66. The van der Waals surface area contributed by atoms with E-state index in [0.717, 1.165) is 18.5 Å². The highest BCUT2D eigenvalue weighted by Crippen LogP contribution is 2.13. The van der Waals surface area contributed by atoms with Crippen LogP contribution >= 0.6 is 0 Å². The maximum Gasteiger partial charge on any atom is 0.0632 e. The molecule has 0 aliphatic rings. The molecule has 84 valence electrons. The average Bonchev–Trinajstić information content (AvgIpc) is 2.24. The largest absolute Gasteiger partial charge is 0.394 e. The monoisotopic (exact) mass is 207 g/mol. The molecule has 1 aromatic carbocycles. The molecule has 0 heterocycles. The third kappa shape index (κ3) is 4.34. The second-order valence-corrected chi connectivity index (χ2v) is 4.04. The Hall–Kier alpha value is -1.02. The van der Waals surface area contributed by atoms with Crippen molar-refractivity contribution in [2.24, 2.45) is 0 Å². The van der Waals surface area contributed by atoms with E-state index in [1.807, 2.05) is 12.1 Å². The fourth-order valence-corrected chi connectivity index (χ4v) is 1.63. The lowest BCUT2D eigenvalue weighted by Gasteiger charge is -2.17. The highest BCUT2D eigenvalue weighted by molar-refractivity contribution is 5.46. The van der Waals surface area contributed by atoms with Crippen LogP contribution in [0.15, 0.2) is 24.3 Å². The molecule has 1 aromatic rings. The molecule has 2 heteroatoms. The molecule has 0 aliphatic carbocycles. The number of rotatable bonds is 6. The van der Waals surface area contributed by atoms with E-state index >= 15 is 0 Å². The minimum atomic E-state index is 0.187. The van der Waals surface area contributed by atoms with Crippen molar-refractivity contribution in [3.8, 4) is 0 Å². The van der Waals surface area contributed by atoms with Crippen LogP contribution in [0.4, 0.5) is 5.69 Å². The van der Waals surface area contributed by atoms with Gasteiger partial charge in [-0.2, -0.15) is 0 Å². The first-order valence-corrected chi connectivity index (χ1v) is 5.70. The highest BCUT2D eigenvalue weighted by atomic mass is 16.3. The van der Waals surface area contributed by atoms with Crippen LogP contribution in [0.1, 0.15) is 31.7 Å². The molecule has 2 N–H and O–H groups in total. The summed E-state index contributed by atoms with van der Waals surface area (Å²) in [6, 6.07) is 8.44. The summed E-state index contributed by atoms with van der Waals surface area (Å²) in [6.07, 6.45) is 3.36. The van der Waals surface area contributed by atoms with E-state index in [4.69, 9.17) is 0 Å². The third-order valence-corrected chi connectivity index (χ3v) is 2.52. The van der Waals surface area contributed by atoms with Crippen LogP contribution in [0.3, 0.4) is 0 Å². The van der Waals surface area contributed by atoms with Crippen LogP contribution in [-0.2, 0) is 0 Å². The van der Waals surface area contributed by atoms with Gasteiger partial charge in [-0.1, -0.05) is 31.9 Å². The third-order valence-electron chi connectivity index (χ3n) is 2.52. The van der Waals surface area contributed by atoms with Crippen molar-refractivity contribution >= 4 is 5.69 Å². The minimum absolute atomic E-state index is 0.187. The first-order chi connectivity index (χ1) is 7.26. The van der Waals surface area contributed by atoms with Gasteiger partial charge in [-0.25, -0.2) is 0 Å². The lowest BCUT2D eigenvalue weighted by atomic mass is 10.1. The van der Waals surface area contributed by atoms with Gasteiger partial charge in [0.1, 0.15) is 0 Å². The molecule has 0 amide bonds. The fourth-order valence-electron chi connectivity index (χ4n) is 1.63. The minimum Gasteiger partial charge on any atom is -0.394 e. The first-order valence-electron chi connectivity index (χ1n) is 5.70. The summed E-state index contributed by atoms with van der Waals surface area (Å²) in [5.74, 6) is 0. The Morgan fingerprint density at radius 2 is 2.20 bits per heavy atom. The molecular weight excluding hydrogens is 186 g/mol. The van der Waals surface area contributed by atoms with Crippen LogP contribution < -0.4 is 5.32 Å². The van der Waals surface area contributed by atoms with Crippen LogP contribution in [0.5, 0.6) is 0 Å². The number of anilines is 1. The normalized spacial score (nSPS) is 12.5. The van der Waals surface area contributed by atoms with Gasteiger partial charge in [0.25, 0.3) is 0 Å². The van der Waals surface area contributed by atoms with E-state index in [2.05, 4.69) is 31.3 Å². The lowest BCUT2D eigenvalue weighted by molar-refractivity contribution is 0.267. The van der Waals surface area contributed by atoms with Crippen molar-refractivity contribution < 1.29 is 5.11 Å². The summed E-state index contributed by atoms with van der Waals surface area (Å²) in [6.45, 7) is 4.44. The topological polar surface area (TPSA) is 32.3 Å². The van der Waals surface area contributed by atoms with Crippen LogP contribution in [0.2, 0.25) is 0 Å². The molecule has 0 saturated carbocycles. The van der Waals surface area contributed by atoms with Gasteiger partial charge in [0, 0.05) is 11.7 Å². The number of hydrogen-bond acceptors (Lipinski definition) is 2. The summed E-state index contributed by atoms with van der Waals surface area (Å²) in [5.41, 5.74) is 2.34. The van der Waals surface area contributed by atoms with Gasteiger partial charge in [-0.3, -0.25) is 0 Å². The Morgan fingerprint density at radius 3 is 2.80 bits per heavy atom. The molecule has 0 aromatic heterocycles. The van der Waals surface area contributed by atoms with Gasteiger partial charge in [0.15, 0.2) is 0 Å². The zero-order chi connectivity index (χ0) is 11.1. The Morgan fingerprint density at radius 1 is 1.40 bits per heavy atom. The molecule has 1 unspecified atom stereocenters. The number of aliphatic hydroxyl groups excluding tert-OH is 1. The van der Waals surface area contributed by atoms with Crippen LogP contribution in [-0.4, -0.2) is 17.8 Å². The maximum atomic E-state index is 9.22. The predicted octanol–water partition coefficient (Wildman–Crippen LogP) is 2.96. The van der Waals surface area contributed by atoms with Crippen molar-refractivity contribution in [2.75, 3.05) is 11.9 Å². The first kappa shape index (κ1) is 12.1. The number of aliphatic hydroxyl groups is 1. The smallest absolute Gasteiger partial charge is 0.0632 e. The molecule has 0 spiro atoms. The van der Waals surface area contributed by atoms with Gasteiger partial charge < -0.3 is 10.4 Å². The summed E-state index contributed by atoms with van der Waals surface area (Å²) < 4.78 is 0. The highest BCUT2D eigenvalue weighted by Gasteiger charge is 2.05. The Kier molecular flexibility index (Phi) is 5.19. The molecule has 0 bridgehead atoms. The van der Waals surface area contributed by atoms with E-state index in [1.54, 1.807) is 0 Å². The van der Waals surface area contributed by atoms with Crippen molar-refractivity contribution in [1.82, 2.24) is 0 Å². The van der Waals surface area contributed by atoms with E-state index in [-0.39, 0.29) is 12.6 Å². The molecule has 0 radical (unpaired) electrons. The molecule has 15 heavy (non-hydrogen) atoms. The summed E-state index contributed by atoms with van der Waals surface area (Å²) >= 11 is 0. The quantitative estimate of drug-likeness (QED) is 0.751. The molecule has 1 rings (SSSR count). The Labute approximate surface area is 92.3 Å². The second kappa shape index (κ2) is 6.46. The predicted molar refractivity (Wildman–Crippen MR) is 65.2 cm³/mol. The van der Waals surface area contributed by atoms with Crippen molar-refractivity contribution in [3.05, 3.63) is 29.8 Å². The SMILES string of the molecule is CCCCC(CO)Nc1cccc(C)c1. The molecule has 0 saturated heterocycles. The maximum absolute atomic E-state index is 9.22. The van der Waals surface area contributed by atoms with E-state index in [1.165, 1.54) is 12.0 Å². The number of nitrogens with one attached hydrogen (secondary N) is 1. The summed E-state index contributed by atoms with van der Waals surface area (Å²) in [5, 5.41) is 12.6. The van der Waals surface area contributed by atoms with Crippen molar-refractivity contribution in [2.45, 2.75) is 39.2 Å². The summed E-state index contributed by atoms with van der Waals surface area (Å²) in [7, 11) is 0. The molecule has 2 nitrogen and oxygen atoms in total. The van der Waals surface area contributed by atoms with E-state index < -0.39 is 0 Å². The molecule has 0 fully saturated rings. The zero-order valence-electron chi connectivity index (χ0n) is 9.66. The standard InChI is InChI=1S/C13H21NO/c1-3-4-7-13(10-15)14-12-8-5-6-11(2)9-12/h5-6,8-9,13-15H,3-4,7,10H2,1-2H3. The van der Waals surface area contributed by atoms with Gasteiger partial charge in [-0.05, 0) is 31.0 Å². The van der Waals surface area contributed by atoms with E-state index in [9.17, 15) is 5.11 Å². The molecule has 0 aliphatic heterocycles. The van der Waals surface area contributed by atoms with Gasteiger partial charge in [0.2, 0.25) is 0 Å². The second-order valence-electron chi connectivity index (χ2n) is 4.04.